The van der Waals surface area contributed by atoms with E-state index >= 15 is 0 Å². The molecule has 1 atom stereocenters. The Morgan fingerprint density at radius 2 is 1.52 bits per heavy atom. The minimum atomic E-state index is -1.13. The largest absolute Gasteiger partial charge is 0.480 e. The molecule has 0 rings (SSSR count). The first kappa shape index (κ1) is 18.8. The fraction of sp³-hybridized carbons (Fsp3) is 0.667. The van der Waals surface area contributed by atoms with Gasteiger partial charge in [0.15, 0.2) is 0 Å². The number of carbonyl (C=O) groups is 4. The number of amides is 3. The second-order valence-electron chi connectivity index (χ2n) is 4.85. The van der Waals surface area contributed by atoms with Crippen molar-refractivity contribution in [3.05, 3.63) is 0 Å². The van der Waals surface area contributed by atoms with E-state index in [-0.39, 0.29) is 25.6 Å². The highest BCUT2D eigenvalue weighted by Crippen LogP contribution is 2.04. The molecule has 0 spiro atoms. The molecule has 0 aromatic rings. The summed E-state index contributed by atoms with van der Waals surface area (Å²) in [4.78, 5) is 44.6. The molecule has 9 nitrogen and oxygen atoms in total. The zero-order valence-corrected chi connectivity index (χ0v) is 12.1. The molecule has 6 N–H and O–H groups in total. The van der Waals surface area contributed by atoms with E-state index < -0.39 is 29.7 Å². The number of carbonyl (C=O) groups excluding carboxylic acids is 3. The van der Waals surface area contributed by atoms with Gasteiger partial charge in [-0.2, -0.15) is 0 Å². The highest BCUT2D eigenvalue weighted by molar-refractivity contribution is 5.90. The standard InChI is InChI=1S/C12H22N4O5/c1-7(2)3-8(12(20)21)16-11(19)6-15-10(18)5-14-9(17)4-13/h7-8H,3-6,13H2,1-2H3,(H,14,17)(H,15,18)(H,16,19)(H,20,21). The summed E-state index contributed by atoms with van der Waals surface area (Å²) in [5, 5.41) is 15.8. The number of hydrogen-bond donors (Lipinski definition) is 5. The summed E-state index contributed by atoms with van der Waals surface area (Å²) in [6.07, 6.45) is 0.293. The predicted octanol–water partition coefficient (Wildman–Crippen LogP) is -2.21. The van der Waals surface area contributed by atoms with E-state index in [0.29, 0.717) is 6.42 Å². The number of aliphatic carboxylic acids is 1. The number of rotatable bonds is 9. The molecule has 1 unspecified atom stereocenters. The van der Waals surface area contributed by atoms with Gasteiger partial charge in [-0.25, -0.2) is 4.79 Å². The molecule has 0 radical (unpaired) electrons. The van der Waals surface area contributed by atoms with Gasteiger partial charge in [-0.1, -0.05) is 13.8 Å². The third-order valence-electron chi connectivity index (χ3n) is 2.42. The van der Waals surface area contributed by atoms with Crippen LogP contribution in [0.4, 0.5) is 0 Å². The lowest BCUT2D eigenvalue weighted by atomic mass is 10.0. The summed E-state index contributed by atoms with van der Waals surface area (Å²) in [6.45, 7) is 2.79. The normalized spacial score (nSPS) is 11.6. The van der Waals surface area contributed by atoms with Gasteiger partial charge in [-0.15, -0.1) is 0 Å². The van der Waals surface area contributed by atoms with Crippen molar-refractivity contribution in [1.82, 2.24) is 16.0 Å². The molecule has 0 aromatic heterocycles. The van der Waals surface area contributed by atoms with Gasteiger partial charge in [0.05, 0.1) is 19.6 Å². The molecule has 0 saturated carbocycles. The Kier molecular flexibility index (Phi) is 8.70. The van der Waals surface area contributed by atoms with Crippen LogP contribution in [0.1, 0.15) is 20.3 Å². The van der Waals surface area contributed by atoms with Crippen LogP contribution in [-0.2, 0) is 19.2 Å². The van der Waals surface area contributed by atoms with Crippen LogP contribution in [0.3, 0.4) is 0 Å². The van der Waals surface area contributed by atoms with Crippen LogP contribution < -0.4 is 21.7 Å². The van der Waals surface area contributed by atoms with Crippen molar-refractivity contribution in [3.63, 3.8) is 0 Å². The number of carboxylic acid groups (broad SMARTS) is 1. The van der Waals surface area contributed by atoms with Gasteiger partial charge in [0, 0.05) is 0 Å². The highest BCUT2D eigenvalue weighted by Gasteiger charge is 2.21. The molecule has 3 amide bonds. The fourth-order valence-corrected chi connectivity index (χ4v) is 1.43. The maximum absolute atomic E-state index is 11.5. The van der Waals surface area contributed by atoms with Crippen LogP contribution in [0.25, 0.3) is 0 Å². The summed E-state index contributed by atoms with van der Waals surface area (Å²) >= 11 is 0. The van der Waals surface area contributed by atoms with Gasteiger partial charge >= 0.3 is 5.97 Å². The monoisotopic (exact) mass is 302 g/mol. The van der Waals surface area contributed by atoms with Crippen LogP contribution >= 0.6 is 0 Å². The third kappa shape index (κ3) is 9.38. The fourth-order valence-electron chi connectivity index (χ4n) is 1.43. The first-order valence-corrected chi connectivity index (χ1v) is 6.51. The first-order chi connectivity index (χ1) is 9.76. The second-order valence-corrected chi connectivity index (χ2v) is 4.85. The second kappa shape index (κ2) is 9.70. The van der Waals surface area contributed by atoms with Crippen LogP contribution in [0.15, 0.2) is 0 Å². The van der Waals surface area contributed by atoms with Crippen LogP contribution in [0.2, 0.25) is 0 Å². The lowest BCUT2D eigenvalue weighted by Gasteiger charge is -2.16. The number of carboxylic acids is 1. The van der Waals surface area contributed by atoms with Crippen molar-refractivity contribution < 1.29 is 24.3 Å². The van der Waals surface area contributed by atoms with E-state index in [4.69, 9.17) is 10.8 Å². The van der Waals surface area contributed by atoms with Gasteiger partial charge < -0.3 is 26.8 Å². The Bertz CT molecular complexity index is 397. The van der Waals surface area contributed by atoms with Gasteiger partial charge in [-0.3, -0.25) is 14.4 Å². The Morgan fingerprint density at radius 1 is 1.00 bits per heavy atom. The summed E-state index contributed by atoms with van der Waals surface area (Å²) in [5.41, 5.74) is 5.04. The van der Waals surface area contributed by atoms with E-state index in [2.05, 4.69) is 16.0 Å². The van der Waals surface area contributed by atoms with Crippen molar-refractivity contribution in [2.45, 2.75) is 26.3 Å². The van der Waals surface area contributed by atoms with Crippen molar-refractivity contribution in [1.29, 1.82) is 0 Å². The molecule has 0 fully saturated rings. The van der Waals surface area contributed by atoms with E-state index in [9.17, 15) is 19.2 Å². The molecule has 0 aromatic carbocycles. The summed E-state index contributed by atoms with van der Waals surface area (Å²) < 4.78 is 0. The molecule has 9 heteroatoms. The molecule has 120 valence electrons. The van der Waals surface area contributed by atoms with Crippen LogP contribution in [0.5, 0.6) is 0 Å². The van der Waals surface area contributed by atoms with E-state index in [1.165, 1.54) is 0 Å². The number of nitrogens with one attached hydrogen (secondary N) is 3. The molecular formula is C12H22N4O5. The van der Waals surface area contributed by atoms with Gasteiger partial charge in [-0.05, 0) is 12.3 Å². The van der Waals surface area contributed by atoms with E-state index in [1.54, 1.807) is 0 Å². The topological polar surface area (TPSA) is 151 Å². The average Bonchev–Trinajstić information content (AvgIpc) is 2.41. The Balaban J connectivity index is 4.10. The molecule has 0 aliphatic heterocycles. The minimum absolute atomic E-state index is 0.104. The third-order valence-corrected chi connectivity index (χ3v) is 2.42. The molecular weight excluding hydrogens is 280 g/mol. The highest BCUT2D eigenvalue weighted by atomic mass is 16.4. The zero-order chi connectivity index (χ0) is 16.4. The molecule has 21 heavy (non-hydrogen) atoms. The predicted molar refractivity (Wildman–Crippen MR) is 74.1 cm³/mol. The van der Waals surface area contributed by atoms with Crippen molar-refractivity contribution in [3.8, 4) is 0 Å². The Labute approximate surface area is 122 Å². The van der Waals surface area contributed by atoms with Gasteiger partial charge in [0.25, 0.3) is 0 Å². The summed E-state index contributed by atoms with van der Waals surface area (Å²) in [7, 11) is 0. The van der Waals surface area contributed by atoms with E-state index in [1.807, 2.05) is 13.8 Å². The van der Waals surface area contributed by atoms with Gasteiger partial charge in [0.2, 0.25) is 17.7 Å². The maximum atomic E-state index is 11.5. The van der Waals surface area contributed by atoms with E-state index in [0.717, 1.165) is 0 Å². The SMILES string of the molecule is CC(C)CC(NC(=O)CNC(=O)CNC(=O)CN)C(=O)O. The Morgan fingerprint density at radius 3 is 2.00 bits per heavy atom. The number of hydrogen-bond acceptors (Lipinski definition) is 5. The zero-order valence-electron chi connectivity index (χ0n) is 12.1. The number of nitrogens with two attached hydrogens (primary N) is 1. The van der Waals surface area contributed by atoms with Crippen molar-refractivity contribution in [2.75, 3.05) is 19.6 Å². The van der Waals surface area contributed by atoms with Crippen LogP contribution in [-0.4, -0.2) is 54.5 Å². The minimum Gasteiger partial charge on any atom is -0.480 e. The molecule has 0 heterocycles. The van der Waals surface area contributed by atoms with Gasteiger partial charge in [0.1, 0.15) is 6.04 Å². The summed E-state index contributed by atoms with van der Waals surface area (Å²) in [6, 6.07) is -0.994. The lowest BCUT2D eigenvalue weighted by molar-refractivity contribution is -0.142. The van der Waals surface area contributed by atoms with Crippen molar-refractivity contribution in [2.24, 2.45) is 11.7 Å². The lowest BCUT2D eigenvalue weighted by Crippen LogP contribution is -2.47. The smallest absolute Gasteiger partial charge is 0.326 e. The Hall–Kier alpha value is -2.16. The quantitative estimate of drug-likeness (QED) is 0.326. The first-order valence-electron chi connectivity index (χ1n) is 6.51. The van der Waals surface area contributed by atoms with Crippen LogP contribution in [0, 0.1) is 5.92 Å². The molecule has 0 aliphatic carbocycles. The molecule has 0 saturated heterocycles. The summed E-state index contributed by atoms with van der Waals surface area (Å²) in [5.74, 6) is -2.69. The average molecular weight is 302 g/mol. The molecule has 0 aliphatic rings. The maximum Gasteiger partial charge on any atom is 0.326 e. The molecule has 0 bridgehead atoms. The van der Waals surface area contributed by atoms with Crippen molar-refractivity contribution >= 4 is 23.7 Å².